The number of para-hydroxylation sites is 1. The molecule has 0 amide bonds. The number of hydrogen-bond donors (Lipinski definition) is 2. The van der Waals surface area contributed by atoms with Crippen molar-refractivity contribution in [3.63, 3.8) is 0 Å². The summed E-state index contributed by atoms with van der Waals surface area (Å²) in [6.07, 6.45) is 1.47. The Labute approximate surface area is 127 Å². The Hall–Kier alpha value is -3.41. The Bertz CT molecular complexity index is 1360. The molecular formula is C17H9N3O3. The number of nitrogens with one attached hydrogen (secondary N) is 2. The van der Waals surface area contributed by atoms with E-state index in [4.69, 9.17) is 4.42 Å². The minimum Gasteiger partial charge on any atom is -0.462 e. The van der Waals surface area contributed by atoms with Gasteiger partial charge in [0.05, 0.1) is 21.9 Å². The highest BCUT2D eigenvalue weighted by atomic mass is 16.3. The quantitative estimate of drug-likeness (QED) is 0.340. The highest BCUT2D eigenvalue weighted by Gasteiger charge is 2.14. The number of hydrogen-bond acceptors (Lipinski definition) is 4. The number of aromatic nitrogens is 3. The number of H-pyrrole nitrogens is 2. The molecule has 0 aliphatic heterocycles. The second-order valence-electron chi connectivity index (χ2n) is 5.40. The fourth-order valence-electron chi connectivity index (χ4n) is 3.05. The maximum atomic E-state index is 12.7. The molecule has 2 aromatic carbocycles. The summed E-state index contributed by atoms with van der Waals surface area (Å²) in [5.41, 5.74) is 2.41. The summed E-state index contributed by atoms with van der Waals surface area (Å²) in [5, 5.41) is 1.70. The molecule has 0 saturated heterocycles. The lowest BCUT2D eigenvalue weighted by Gasteiger charge is -2.05. The van der Waals surface area contributed by atoms with Gasteiger partial charge in [-0.05, 0) is 24.3 Å². The minimum absolute atomic E-state index is 0.0811. The van der Waals surface area contributed by atoms with E-state index in [-0.39, 0.29) is 11.1 Å². The van der Waals surface area contributed by atoms with E-state index >= 15 is 0 Å². The summed E-state index contributed by atoms with van der Waals surface area (Å²) in [6.45, 7) is 0. The molecule has 5 aromatic rings. The Morgan fingerprint density at radius 3 is 2.74 bits per heavy atom. The summed E-state index contributed by atoms with van der Waals surface area (Å²) in [5.74, 6) is 0. The molecule has 0 radical (unpaired) electrons. The number of pyridine rings is 1. The molecule has 5 rings (SSSR count). The van der Waals surface area contributed by atoms with Gasteiger partial charge in [-0.3, -0.25) is 4.79 Å². The van der Waals surface area contributed by atoms with Crippen LogP contribution in [0.4, 0.5) is 0 Å². The van der Waals surface area contributed by atoms with Gasteiger partial charge in [-0.25, -0.2) is 9.78 Å². The van der Waals surface area contributed by atoms with E-state index < -0.39 is 0 Å². The van der Waals surface area contributed by atoms with Gasteiger partial charge in [0.2, 0.25) is 0 Å². The van der Waals surface area contributed by atoms with Gasteiger partial charge >= 0.3 is 5.69 Å². The number of nitrogens with zero attached hydrogens (tertiary/aromatic N) is 1. The monoisotopic (exact) mass is 303 g/mol. The van der Waals surface area contributed by atoms with E-state index in [1.54, 1.807) is 24.3 Å². The van der Waals surface area contributed by atoms with Crippen molar-refractivity contribution in [1.29, 1.82) is 0 Å². The standard InChI is InChI=1S/C17H9N3O3/c21-16-8-3-1-2-4-10(8)18-14-9(16)5-6-12-13(14)15-11(7-23-12)19-17(22)20-15/h1-7H,(H2,19,20,22). The zero-order chi connectivity index (χ0) is 15.6. The fourth-order valence-corrected chi connectivity index (χ4v) is 3.05. The fraction of sp³-hybridized carbons (Fsp3) is 0. The lowest BCUT2D eigenvalue weighted by molar-refractivity contribution is 0.610. The number of rotatable bonds is 0. The van der Waals surface area contributed by atoms with Gasteiger partial charge in [0.15, 0.2) is 5.43 Å². The molecule has 6 nitrogen and oxygen atoms in total. The summed E-state index contributed by atoms with van der Waals surface area (Å²) in [6, 6.07) is 10.6. The third-order valence-corrected chi connectivity index (χ3v) is 4.08. The first kappa shape index (κ1) is 12.2. The third kappa shape index (κ3) is 1.54. The first-order chi connectivity index (χ1) is 11.2. The number of aromatic amines is 2. The molecule has 0 fully saturated rings. The molecule has 0 aliphatic rings. The Morgan fingerprint density at radius 1 is 0.957 bits per heavy atom. The highest BCUT2D eigenvalue weighted by molar-refractivity contribution is 6.16. The van der Waals surface area contributed by atoms with Crippen molar-refractivity contribution in [2.24, 2.45) is 0 Å². The van der Waals surface area contributed by atoms with Gasteiger partial charge in [-0.15, -0.1) is 0 Å². The van der Waals surface area contributed by atoms with Crippen LogP contribution in [0.3, 0.4) is 0 Å². The third-order valence-electron chi connectivity index (χ3n) is 4.08. The minimum atomic E-state index is -0.331. The van der Waals surface area contributed by atoms with Crippen LogP contribution in [0.25, 0.3) is 43.8 Å². The highest BCUT2D eigenvalue weighted by Crippen LogP contribution is 2.28. The van der Waals surface area contributed by atoms with Crippen molar-refractivity contribution in [1.82, 2.24) is 15.0 Å². The van der Waals surface area contributed by atoms with Crippen molar-refractivity contribution >= 4 is 43.8 Å². The molecule has 0 bridgehead atoms. The Balaban J connectivity index is 2.17. The maximum Gasteiger partial charge on any atom is 0.323 e. The van der Waals surface area contributed by atoms with Crippen LogP contribution in [0.15, 0.2) is 56.7 Å². The average Bonchev–Trinajstić information content (AvgIpc) is 2.95. The first-order valence-corrected chi connectivity index (χ1v) is 7.07. The Kier molecular flexibility index (Phi) is 2.15. The van der Waals surface area contributed by atoms with Crippen molar-refractivity contribution in [2.45, 2.75) is 0 Å². The number of imidazole rings is 1. The van der Waals surface area contributed by atoms with E-state index in [0.29, 0.717) is 43.8 Å². The molecule has 0 atom stereocenters. The second kappa shape index (κ2) is 4.07. The molecule has 3 aromatic heterocycles. The maximum absolute atomic E-state index is 12.7. The van der Waals surface area contributed by atoms with Crippen LogP contribution >= 0.6 is 0 Å². The van der Waals surface area contributed by atoms with E-state index in [0.717, 1.165) is 0 Å². The van der Waals surface area contributed by atoms with Crippen LogP contribution in [0.2, 0.25) is 0 Å². The van der Waals surface area contributed by atoms with Crippen LogP contribution in [0.1, 0.15) is 0 Å². The number of benzene rings is 2. The van der Waals surface area contributed by atoms with Gasteiger partial charge in [-0.2, -0.15) is 0 Å². The predicted octanol–water partition coefficient (Wildman–Crippen LogP) is 2.66. The zero-order valence-corrected chi connectivity index (χ0v) is 11.7. The van der Waals surface area contributed by atoms with E-state index in [1.807, 2.05) is 12.1 Å². The van der Waals surface area contributed by atoms with Crippen LogP contribution in [0.5, 0.6) is 0 Å². The predicted molar refractivity (Wildman–Crippen MR) is 87.8 cm³/mol. The van der Waals surface area contributed by atoms with Gasteiger partial charge in [0, 0.05) is 10.8 Å². The molecule has 0 unspecified atom stereocenters. The van der Waals surface area contributed by atoms with Crippen LogP contribution < -0.4 is 11.1 Å². The van der Waals surface area contributed by atoms with E-state index in [1.165, 1.54) is 6.26 Å². The summed E-state index contributed by atoms with van der Waals surface area (Å²) in [4.78, 5) is 34.4. The molecule has 0 saturated carbocycles. The molecule has 110 valence electrons. The van der Waals surface area contributed by atoms with Gasteiger partial charge in [0.25, 0.3) is 0 Å². The SMILES string of the molecule is O=c1[nH]c2coc3ccc4c(=O)c5ccccc5nc4c3c2[nH]1. The van der Waals surface area contributed by atoms with Crippen molar-refractivity contribution < 1.29 is 4.42 Å². The molecule has 3 heterocycles. The summed E-state index contributed by atoms with van der Waals surface area (Å²) >= 11 is 0. The molecule has 23 heavy (non-hydrogen) atoms. The molecule has 6 heteroatoms. The second-order valence-corrected chi connectivity index (χ2v) is 5.40. The lowest BCUT2D eigenvalue weighted by atomic mass is 10.1. The van der Waals surface area contributed by atoms with E-state index in [2.05, 4.69) is 15.0 Å². The number of fused-ring (bicyclic) bond motifs is 6. The topological polar surface area (TPSA) is 91.8 Å². The van der Waals surface area contributed by atoms with Crippen LogP contribution in [0, 0.1) is 0 Å². The van der Waals surface area contributed by atoms with Gasteiger partial charge < -0.3 is 14.4 Å². The summed E-state index contributed by atoms with van der Waals surface area (Å²) in [7, 11) is 0. The van der Waals surface area contributed by atoms with Crippen molar-refractivity contribution in [3.8, 4) is 0 Å². The van der Waals surface area contributed by atoms with Crippen molar-refractivity contribution in [3.05, 3.63) is 63.4 Å². The molecule has 0 aliphatic carbocycles. The smallest absolute Gasteiger partial charge is 0.323 e. The van der Waals surface area contributed by atoms with Crippen molar-refractivity contribution in [2.75, 3.05) is 0 Å². The Morgan fingerprint density at radius 2 is 1.83 bits per heavy atom. The average molecular weight is 303 g/mol. The zero-order valence-electron chi connectivity index (χ0n) is 11.7. The van der Waals surface area contributed by atoms with Crippen LogP contribution in [-0.2, 0) is 0 Å². The van der Waals surface area contributed by atoms with Crippen LogP contribution in [-0.4, -0.2) is 15.0 Å². The largest absolute Gasteiger partial charge is 0.462 e. The first-order valence-electron chi connectivity index (χ1n) is 7.07. The summed E-state index contributed by atoms with van der Waals surface area (Å²) < 4.78 is 5.57. The van der Waals surface area contributed by atoms with E-state index in [9.17, 15) is 9.59 Å². The molecule has 2 N–H and O–H groups in total. The molecule has 0 spiro atoms. The lowest BCUT2D eigenvalue weighted by Crippen LogP contribution is -2.04. The van der Waals surface area contributed by atoms with Gasteiger partial charge in [0.1, 0.15) is 17.4 Å². The molecular weight excluding hydrogens is 294 g/mol. The normalized spacial score (nSPS) is 11.8. The van der Waals surface area contributed by atoms with Gasteiger partial charge in [-0.1, -0.05) is 12.1 Å².